The second-order valence-corrected chi connectivity index (χ2v) is 6.20. The summed E-state index contributed by atoms with van der Waals surface area (Å²) in [4.78, 5) is 14.4. The van der Waals surface area contributed by atoms with Crippen molar-refractivity contribution in [3.05, 3.63) is 35.3 Å². The van der Waals surface area contributed by atoms with Crippen LogP contribution < -0.4 is 14.2 Å². The largest absolute Gasteiger partial charge is 0.496 e. The maximum Gasteiger partial charge on any atom is 0.266 e. The molecule has 1 aromatic rings. The molecule has 0 aromatic heterocycles. The molecule has 1 aromatic carbocycles. The van der Waals surface area contributed by atoms with Gasteiger partial charge in [-0.2, -0.15) is 0 Å². The summed E-state index contributed by atoms with van der Waals surface area (Å²) in [7, 11) is 4.66. The molecule has 1 saturated heterocycles. The lowest BCUT2D eigenvalue weighted by atomic mass is 10.1. The van der Waals surface area contributed by atoms with Crippen molar-refractivity contribution in [2.75, 3.05) is 27.9 Å². The van der Waals surface area contributed by atoms with E-state index in [0.29, 0.717) is 38.6 Å². The molecule has 0 unspecified atom stereocenters. The Kier molecular flexibility index (Phi) is 5.68. The van der Waals surface area contributed by atoms with E-state index in [4.69, 9.17) is 26.4 Å². The van der Waals surface area contributed by atoms with Gasteiger partial charge in [-0.15, -0.1) is 6.58 Å². The predicted molar refractivity (Wildman–Crippen MR) is 96.2 cm³/mol. The second-order valence-electron chi connectivity index (χ2n) is 4.53. The van der Waals surface area contributed by atoms with Crippen molar-refractivity contribution in [3.8, 4) is 17.2 Å². The zero-order chi connectivity index (χ0) is 17.0. The summed E-state index contributed by atoms with van der Waals surface area (Å²) in [5.41, 5.74) is 0.662. The highest BCUT2D eigenvalue weighted by atomic mass is 32.2. The second kappa shape index (κ2) is 7.52. The van der Waals surface area contributed by atoms with E-state index in [1.165, 1.54) is 16.7 Å². The molecule has 0 saturated carbocycles. The fraction of sp³-hybridized carbons (Fsp3) is 0.250. The number of benzene rings is 1. The van der Waals surface area contributed by atoms with Crippen LogP contribution in [0.25, 0.3) is 6.08 Å². The topological polar surface area (TPSA) is 48.0 Å². The number of ether oxygens (including phenoxy) is 3. The molecule has 7 heteroatoms. The molecule has 23 heavy (non-hydrogen) atoms. The predicted octanol–water partition coefficient (Wildman–Crippen LogP) is 3.10. The van der Waals surface area contributed by atoms with Crippen molar-refractivity contribution in [1.29, 1.82) is 0 Å². The average Bonchev–Trinajstić information content (AvgIpc) is 2.82. The first-order valence-electron chi connectivity index (χ1n) is 6.72. The molecule has 122 valence electrons. The van der Waals surface area contributed by atoms with Gasteiger partial charge in [0.2, 0.25) is 0 Å². The summed E-state index contributed by atoms with van der Waals surface area (Å²) in [6.45, 7) is 4.03. The van der Waals surface area contributed by atoms with Crippen LogP contribution in [0.5, 0.6) is 17.2 Å². The van der Waals surface area contributed by atoms with E-state index in [1.54, 1.807) is 45.6 Å². The number of carbonyl (C=O) groups excluding carboxylic acids is 1. The van der Waals surface area contributed by atoms with E-state index in [9.17, 15) is 4.79 Å². The van der Waals surface area contributed by atoms with Crippen molar-refractivity contribution in [1.82, 2.24) is 4.90 Å². The Morgan fingerprint density at radius 2 is 1.83 bits per heavy atom. The zero-order valence-corrected chi connectivity index (χ0v) is 14.8. The van der Waals surface area contributed by atoms with Crippen LogP contribution in [0.15, 0.2) is 29.7 Å². The van der Waals surface area contributed by atoms with Gasteiger partial charge in [0, 0.05) is 18.7 Å². The van der Waals surface area contributed by atoms with Crippen LogP contribution in [0.3, 0.4) is 0 Å². The normalized spacial score (nSPS) is 16.0. The van der Waals surface area contributed by atoms with E-state index >= 15 is 0 Å². The van der Waals surface area contributed by atoms with Crippen LogP contribution in [0.2, 0.25) is 0 Å². The number of thioether (sulfide) groups is 1. The fourth-order valence-electron chi connectivity index (χ4n) is 2.09. The number of methoxy groups -OCH3 is 3. The van der Waals surface area contributed by atoms with Gasteiger partial charge in [-0.3, -0.25) is 9.69 Å². The molecule has 0 atom stereocenters. The Balaban J connectivity index is 2.48. The summed E-state index contributed by atoms with van der Waals surface area (Å²) < 4.78 is 16.5. The van der Waals surface area contributed by atoms with Crippen molar-refractivity contribution in [2.24, 2.45) is 0 Å². The number of carbonyl (C=O) groups is 1. The van der Waals surface area contributed by atoms with Gasteiger partial charge >= 0.3 is 0 Å². The van der Waals surface area contributed by atoms with Gasteiger partial charge in [-0.1, -0.05) is 30.1 Å². The number of hydrogen-bond donors (Lipinski definition) is 0. The molecule has 0 N–H and O–H groups in total. The minimum Gasteiger partial charge on any atom is -0.496 e. The lowest BCUT2D eigenvalue weighted by Crippen LogP contribution is -2.27. The molecule has 0 radical (unpaired) electrons. The SMILES string of the molecule is C=CCN1C(=O)/C(=C/c2c(OC)cc(OC)cc2OC)SC1=S. The third kappa shape index (κ3) is 3.51. The Labute approximate surface area is 144 Å². The molecule has 0 bridgehead atoms. The third-order valence-electron chi connectivity index (χ3n) is 3.21. The van der Waals surface area contributed by atoms with E-state index < -0.39 is 0 Å². The zero-order valence-electron chi connectivity index (χ0n) is 13.1. The van der Waals surface area contributed by atoms with E-state index in [-0.39, 0.29) is 5.91 Å². The van der Waals surface area contributed by atoms with Gasteiger partial charge < -0.3 is 14.2 Å². The lowest BCUT2D eigenvalue weighted by Gasteiger charge is -2.13. The van der Waals surface area contributed by atoms with Gasteiger partial charge in [0.05, 0.1) is 31.8 Å². The molecule has 1 heterocycles. The first-order valence-corrected chi connectivity index (χ1v) is 7.94. The van der Waals surface area contributed by atoms with Crippen LogP contribution in [0.4, 0.5) is 0 Å². The van der Waals surface area contributed by atoms with E-state index in [2.05, 4.69) is 6.58 Å². The summed E-state index contributed by atoms with van der Waals surface area (Å²) in [6, 6.07) is 3.47. The van der Waals surface area contributed by atoms with Crippen LogP contribution in [-0.4, -0.2) is 43.0 Å². The molecule has 0 aliphatic carbocycles. The van der Waals surface area contributed by atoms with E-state index in [1.807, 2.05) is 0 Å². The Morgan fingerprint density at radius 1 is 1.22 bits per heavy atom. The number of nitrogens with zero attached hydrogens (tertiary/aromatic N) is 1. The molecule has 2 rings (SSSR count). The first-order chi connectivity index (χ1) is 11.0. The summed E-state index contributed by atoms with van der Waals surface area (Å²) in [6.07, 6.45) is 3.36. The number of hydrogen-bond acceptors (Lipinski definition) is 6. The summed E-state index contributed by atoms with van der Waals surface area (Å²) >= 11 is 6.48. The van der Waals surface area contributed by atoms with Crippen molar-refractivity contribution < 1.29 is 19.0 Å². The highest BCUT2D eigenvalue weighted by Gasteiger charge is 2.31. The van der Waals surface area contributed by atoms with Gasteiger partial charge in [-0.05, 0) is 6.08 Å². The van der Waals surface area contributed by atoms with Crippen LogP contribution in [0.1, 0.15) is 5.56 Å². The Bertz CT molecular complexity index is 660. The van der Waals surface area contributed by atoms with Crippen LogP contribution in [-0.2, 0) is 4.79 Å². The maximum atomic E-state index is 12.4. The van der Waals surface area contributed by atoms with E-state index in [0.717, 1.165) is 0 Å². The molecule has 0 spiro atoms. The molecule has 1 aliphatic heterocycles. The maximum absolute atomic E-state index is 12.4. The number of amides is 1. The minimum absolute atomic E-state index is 0.153. The standard InChI is InChI=1S/C16H17NO4S2/c1-5-6-17-15(18)14(23-16(17)22)9-11-12(20-3)7-10(19-2)8-13(11)21-4/h5,7-9H,1,6H2,2-4H3/b14-9-. The monoisotopic (exact) mass is 351 g/mol. The smallest absolute Gasteiger partial charge is 0.266 e. The minimum atomic E-state index is -0.153. The number of thiocarbonyl (C=S) groups is 1. The van der Waals surface area contributed by atoms with Crippen molar-refractivity contribution >= 4 is 40.3 Å². The third-order valence-corrected chi connectivity index (χ3v) is 4.59. The van der Waals surface area contributed by atoms with Crippen molar-refractivity contribution in [2.45, 2.75) is 0 Å². The van der Waals surface area contributed by atoms with Gasteiger partial charge in [0.25, 0.3) is 5.91 Å². The fourth-order valence-corrected chi connectivity index (χ4v) is 3.35. The summed E-state index contributed by atoms with van der Waals surface area (Å²) in [5, 5.41) is 0. The van der Waals surface area contributed by atoms with Gasteiger partial charge in [-0.25, -0.2) is 0 Å². The highest BCUT2D eigenvalue weighted by molar-refractivity contribution is 8.26. The van der Waals surface area contributed by atoms with Crippen LogP contribution >= 0.6 is 24.0 Å². The first kappa shape index (κ1) is 17.4. The molecular weight excluding hydrogens is 334 g/mol. The lowest BCUT2D eigenvalue weighted by molar-refractivity contribution is -0.121. The van der Waals surface area contributed by atoms with Gasteiger partial charge in [0.15, 0.2) is 0 Å². The molecule has 1 aliphatic rings. The van der Waals surface area contributed by atoms with Gasteiger partial charge in [0.1, 0.15) is 21.6 Å². The number of rotatable bonds is 6. The Morgan fingerprint density at radius 3 is 2.30 bits per heavy atom. The Hall–Kier alpha value is -1.99. The molecule has 5 nitrogen and oxygen atoms in total. The highest BCUT2D eigenvalue weighted by Crippen LogP contribution is 2.39. The van der Waals surface area contributed by atoms with Crippen molar-refractivity contribution in [3.63, 3.8) is 0 Å². The van der Waals surface area contributed by atoms with Crippen LogP contribution in [0, 0.1) is 0 Å². The quantitative estimate of drug-likeness (QED) is 0.446. The average molecular weight is 351 g/mol. The molecule has 1 fully saturated rings. The molecule has 1 amide bonds. The summed E-state index contributed by atoms with van der Waals surface area (Å²) in [5.74, 6) is 1.56. The molecular formula is C16H17NO4S2.